The van der Waals surface area contributed by atoms with E-state index in [4.69, 9.17) is 0 Å². The van der Waals surface area contributed by atoms with Crippen molar-refractivity contribution in [2.24, 2.45) is 12.0 Å². The zero-order valence-corrected chi connectivity index (χ0v) is 14.5. The lowest BCUT2D eigenvalue weighted by Crippen LogP contribution is -2.41. The predicted octanol–water partition coefficient (Wildman–Crippen LogP) is 0.922. The van der Waals surface area contributed by atoms with Crippen LogP contribution < -0.4 is 10.6 Å². The minimum atomic E-state index is -0.232. The van der Waals surface area contributed by atoms with Crippen molar-refractivity contribution in [2.45, 2.75) is 12.6 Å². The van der Waals surface area contributed by atoms with Gasteiger partial charge in [-0.05, 0) is 31.8 Å². The number of hydrogen-bond donors (Lipinski definition) is 2. The Morgan fingerprint density at radius 3 is 2.75 bits per heavy atom. The second-order valence-electron chi connectivity index (χ2n) is 5.64. The van der Waals surface area contributed by atoms with Gasteiger partial charge < -0.3 is 15.5 Å². The third-order valence-corrected chi connectivity index (χ3v) is 3.76. The highest BCUT2D eigenvalue weighted by Gasteiger charge is 2.15. The molecule has 1 atom stereocenters. The average Bonchev–Trinajstić information content (AvgIpc) is 2.95. The van der Waals surface area contributed by atoms with Crippen molar-refractivity contribution in [3.05, 3.63) is 47.8 Å². The molecule has 0 fully saturated rings. The molecule has 0 aliphatic rings. The van der Waals surface area contributed by atoms with Gasteiger partial charge in [0.25, 0.3) is 0 Å². The highest BCUT2D eigenvalue weighted by molar-refractivity contribution is 5.79. The van der Waals surface area contributed by atoms with Crippen LogP contribution >= 0.6 is 0 Å². The molecule has 1 heterocycles. The van der Waals surface area contributed by atoms with Gasteiger partial charge in [-0.25, -0.2) is 9.37 Å². The summed E-state index contributed by atoms with van der Waals surface area (Å²) in [6, 6.07) is 6.68. The van der Waals surface area contributed by atoms with Crippen molar-refractivity contribution in [3.63, 3.8) is 0 Å². The molecular weight excluding hydrogens is 309 g/mol. The van der Waals surface area contributed by atoms with Gasteiger partial charge in [-0.1, -0.05) is 12.1 Å². The average molecular weight is 333 g/mol. The SMILES string of the molecule is CN=C(NCc1ncnn1C)NCC(c1cccc(F)c1)N(C)C. The standard InChI is InChI=1S/C16H24FN7/c1-18-16(20-10-15-21-11-22-24(15)4)19-9-14(23(2)3)12-6-5-7-13(17)8-12/h5-8,11,14H,9-10H2,1-4H3,(H2,18,19,20). The van der Waals surface area contributed by atoms with Crippen LogP contribution in [0.2, 0.25) is 0 Å². The van der Waals surface area contributed by atoms with E-state index < -0.39 is 0 Å². The smallest absolute Gasteiger partial charge is 0.191 e. The van der Waals surface area contributed by atoms with Crippen LogP contribution in [-0.4, -0.2) is 53.3 Å². The third-order valence-electron chi connectivity index (χ3n) is 3.76. The molecule has 2 rings (SSSR count). The van der Waals surface area contributed by atoms with Crippen molar-refractivity contribution in [3.8, 4) is 0 Å². The largest absolute Gasteiger partial charge is 0.354 e. The molecule has 0 radical (unpaired) electrons. The van der Waals surface area contributed by atoms with Crippen molar-refractivity contribution in [2.75, 3.05) is 27.7 Å². The fourth-order valence-electron chi connectivity index (χ4n) is 2.37. The van der Waals surface area contributed by atoms with E-state index in [9.17, 15) is 4.39 Å². The number of aliphatic imine (C=N–C) groups is 1. The van der Waals surface area contributed by atoms with Crippen LogP contribution in [0.3, 0.4) is 0 Å². The summed E-state index contributed by atoms with van der Waals surface area (Å²) < 4.78 is 15.2. The van der Waals surface area contributed by atoms with Crippen LogP contribution in [0.4, 0.5) is 4.39 Å². The summed E-state index contributed by atoms with van der Waals surface area (Å²) >= 11 is 0. The van der Waals surface area contributed by atoms with Crippen LogP contribution in [-0.2, 0) is 13.6 Å². The monoisotopic (exact) mass is 333 g/mol. The lowest BCUT2D eigenvalue weighted by atomic mass is 10.1. The molecule has 0 saturated heterocycles. The second-order valence-corrected chi connectivity index (χ2v) is 5.64. The van der Waals surface area contributed by atoms with Crippen LogP contribution in [0.1, 0.15) is 17.4 Å². The Kier molecular flexibility index (Phi) is 6.25. The zero-order chi connectivity index (χ0) is 17.5. The van der Waals surface area contributed by atoms with Gasteiger partial charge in [0, 0.05) is 20.6 Å². The van der Waals surface area contributed by atoms with Gasteiger partial charge in [-0.3, -0.25) is 9.67 Å². The van der Waals surface area contributed by atoms with E-state index in [2.05, 4.69) is 25.7 Å². The normalized spacial score (nSPS) is 13.2. The number of rotatable bonds is 6. The molecule has 2 N–H and O–H groups in total. The molecule has 1 aromatic carbocycles. The highest BCUT2D eigenvalue weighted by atomic mass is 19.1. The van der Waals surface area contributed by atoms with Crippen LogP contribution in [0, 0.1) is 5.82 Å². The first kappa shape index (κ1) is 17.9. The number of benzene rings is 1. The number of aromatic nitrogens is 3. The van der Waals surface area contributed by atoms with Gasteiger partial charge in [0.15, 0.2) is 5.96 Å². The maximum atomic E-state index is 13.5. The summed E-state index contributed by atoms with van der Waals surface area (Å²) in [5, 5.41) is 10.5. The van der Waals surface area contributed by atoms with Crippen LogP contribution in [0.5, 0.6) is 0 Å². The van der Waals surface area contributed by atoms with Crippen LogP contribution in [0.15, 0.2) is 35.6 Å². The Bertz CT molecular complexity index is 681. The van der Waals surface area contributed by atoms with Gasteiger partial charge in [-0.15, -0.1) is 0 Å². The molecule has 0 spiro atoms. The summed E-state index contributed by atoms with van der Waals surface area (Å²) in [6.45, 7) is 1.11. The summed E-state index contributed by atoms with van der Waals surface area (Å²) in [5.74, 6) is 1.23. The Hall–Kier alpha value is -2.48. The second kappa shape index (κ2) is 8.39. The summed E-state index contributed by atoms with van der Waals surface area (Å²) in [5.41, 5.74) is 0.913. The van der Waals surface area contributed by atoms with Gasteiger partial charge >= 0.3 is 0 Å². The lowest BCUT2D eigenvalue weighted by molar-refractivity contribution is 0.297. The molecule has 0 aliphatic heterocycles. The zero-order valence-electron chi connectivity index (χ0n) is 14.5. The Morgan fingerprint density at radius 2 is 2.17 bits per heavy atom. The highest BCUT2D eigenvalue weighted by Crippen LogP contribution is 2.18. The first-order valence-electron chi connectivity index (χ1n) is 7.70. The summed E-state index contributed by atoms with van der Waals surface area (Å²) in [7, 11) is 7.48. The number of nitrogens with zero attached hydrogens (tertiary/aromatic N) is 5. The predicted molar refractivity (Wildman–Crippen MR) is 92.0 cm³/mol. The number of hydrogen-bond acceptors (Lipinski definition) is 4. The minimum absolute atomic E-state index is 0.0223. The molecule has 0 bridgehead atoms. The summed E-state index contributed by atoms with van der Waals surface area (Å²) in [6.07, 6.45) is 1.51. The number of nitrogens with one attached hydrogen (secondary N) is 2. The summed E-state index contributed by atoms with van der Waals surface area (Å²) in [4.78, 5) is 10.4. The molecule has 0 amide bonds. The van der Waals surface area contributed by atoms with Crippen molar-refractivity contribution in [1.82, 2.24) is 30.3 Å². The Morgan fingerprint density at radius 1 is 1.38 bits per heavy atom. The number of guanidine groups is 1. The van der Waals surface area contributed by atoms with Crippen molar-refractivity contribution in [1.29, 1.82) is 0 Å². The molecular formula is C16H24FN7. The van der Waals surface area contributed by atoms with E-state index in [0.717, 1.165) is 11.4 Å². The molecule has 24 heavy (non-hydrogen) atoms. The molecule has 1 unspecified atom stereocenters. The minimum Gasteiger partial charge on any atom is -0.354 e. The molecule has 8 heteroatoms. The maximum absolute atomic E-state index is 13.5. The molecule has 0 aliphatic carbocycles. The Balaban J connectivity index is 1.96. The molecule has 0 saturated carbocycles. The van der Waals surface area contributed by atoms with Gasteiger partial charge in [0.2, 0.25) is 0 Å². The van der Waals surface area contributed by atoms with E-state index in [0.29, 0.717) is 19.0 Å². The first-order chi connectivity index (χ1) is 11.5. The van der Waals surface area contributed by atoms with E-state index in [1.54, 1.807) is 23.9 Å². The maximum Gasteiger partial charge on any atom is 0.191 e. The first-order valence-corrected chi connectivity index (χ1v) is 7.70. The topological polar surface area (TPSA) is 70.4 Å². The van der Waals surface area contributed by atoms with Crippen molar-refractivity contribution >= 4 is 5.96 Å². The fraction of sp³-hybridized carbons (Fsp3) is 0.438. The van der Waals surface area contributed by atoms with E-state index >= 15 is 0 Å². The molecule has 1 aromatic heterocycles. The van der Waals surface area contributed by atoms with Gasteiger partial charge in [0.1, 0.15) is 18.0 Å². The molecule has 7 nitrogen and oxygen atoms in total. The number of aryl methyl sites for hydroxylation is 1. The van der Waals surface area contributed by atoms with Gasteiger partial charge in [0.05, 0.1) is 12.6 Å². The van der Waals surface area contributed by atoms with E-state index in [-0.39, 0.29) is 11.9 Å². The van der Waals surface area contributed by atoms with E-state index in [1.165, 1.54) is 12.4 Å². The number of halogens is 1. The quantitative estimate of drug-likeness (QED) is 0.608. The molecule has 2 aromatic rings. The Labute approximate surface area is 141 Å². The van der Waals surface area contributed by atoms with E-state index in [1.807, 2.05) is 32.1 Å². The molecule has 130 valence electrons. The van der Waals surface area contributed by atoms with Crippen molar-refractivity contribution < 1.29 is 4.39 Å². The number of likely N-dealkylation sites (N-methyl/N-ethyl adjacent to an activating group) is 1. The third kappa shape index (κ3) is 4.76. The van der Waals surface area contributed by atoms with Gasteiger partial charge in [-0.2, -0.15) is 5.10 Å². The fourth-order valence-corrected chi connectivity index (χ4v) is 2.37. The lowest BCUT2D eigenvalue weighted by Gasteiger charge is -2.26. The van der Waals surface area contributed by atoms with Crippen LogP contribution in [0.25, 0.3) is 0 Å².